The van der Waals surface area contributed by atoms with Crippen LogP contribution in [-0.2, 0) is 4.74 Å². The van der Waals surface area contributed by atoms with Crippen molar-refractivity contribution >= 4 is 0 Å². The first-order chi connectivity index (χ1) is 8.75. The minimum atomic E-state index is 0.415. The second-order valence-corrected chi connectivity index (χ2v) is 6.03. The highest BCUT2D eigenvalue weighted by atomic mass is 16.5. The normalized spacial score (nSPS) is 27.8. The van der Waals surface area contributed by atoms with Gasteiger partial charge in [-0.05, 0) is 26.8 Å². The third-order valence-electron chi connectivity index (χ3n) is 4.64. The molecule has 18 heavy (non-hydrogen) atoms. The first-order valence-corrected chi connectivity index (χ1v) is 8.01. The molecule has 0 radical (unpaired) electrons. The van der Waals surface area contributed by atoms with Crippen molar-refractivity contribution in [2.24, 2.45) is 5.41 Å². The van der Waals surface area contributed by atoms with Crippen LogP contribution >= 0.6 is 0 Å². The van der Waals surface area contributed by atoms with Crippen LogP contribution in [0.5, 0.6) is 0 Å². The number of nitrogens with one attached hydrogen (secondary N) is 1. The van der Waals surface area contributed by atoms with Gasteiger partial charge in [-0.25, -0.2) is 0 Å². The molecule has 1 N–H and O–H groups in total. The molecular formula is C16H33NO. The molecule has 1 saturated heterocycles. The van der Waals surface area contributed by atoms with E-state index in [1.165, 1.54) is 57.8 Å². The quantitative estimate of drug-likeness (QED) is 0.592. The van der Waals surface area contributed by atoms with Crippen LogP contribution < -0.4 is 5.32 Å². The highest BCUT2D eigenvalue weighted by Gasteiger charge is 2.40. The van der Waals surface area contributed by atoms with Crippen LogP contribution in [0.15, 0.2) is 0 Å². The molecule has 1 heterocycles. The molecule has 0 bridgehead atoms. The Labute approximate surface area is 114 Å². The average molecular weight is 255 g/mol. The van der Waals surface area contributed by atoms with Crippen molar-refractivity contribution in [2.75, 3.05) is 20.2 Å². The summed E-state index contributed by atoms with van der Waals surface area (Å²) in [5, 5.41) is 3.37. The number of unbranched alkanes of at least 4 members (excludes halogenated alkanes) is 6. The molecule has 2 atom stereocenters. The van der Waals surface area contributed by atoms with Crippen LogP contribution in [0.3, 0.4) is 0 Å². The number of hydrogen-bond donors (Lipinski definition) is 1. The molecule has 108 valence electrons. The Kier molecular flexibility index (Phi) is 7.92. The Hall–Kier alpha value is -0.0800. The first-order valence-electron chi connectivity index (χ1n) is 8.01. The van der Waals surface area contributed by atoms with Crippen LogP contribution in [-0.4, -0.2) is 26.3 Å². The zero-order chi connectivity index (χ0) is 13.3. The predicted octanol–water partition coefficient (Wildman–Crippen LogP) is 4.14. The lowest BCUT2D eigenvalue weighted by Crippen LogP contribution is -2.38. The predicted molar refractivity (Wildman–Crippen MR) is 79.0 cm³/mol. The van der Waals surface area contributed by atoms with Crippen molar-refractivity contribution in [1.82, 2.24) is 5.32 Å². The van der Waals surface area contributed by atoms with Gasteiger partial charge in [-0.15, -0.1) is 0 Å². The monoisotopic (exact) mass is 255 g/mol. The van der Waals surface area contributed by atoms with Crippen LogP contribution in [0.2, 0.25) is 0 Å². The van der Waals surface area contributed by atoms with Gasteiger partial charge in [-0.2, -0.15) is 0 Å². The van der Waals surface area contributed by atoms with Gasteiger partial charge < -0.3 is 10.1 Å². The van der Waals surface area contributed by atoms with E-state index in [4.69, 9.17) is 4.74 Å². The molecular weight excluding hydrogens is 222 g/mol. The van der Waals surface area contributed by atoms with Gasteiger partial charge in [0.15, 0.2) is 0 Å². The van der Waals surface area contributed by atoms with E-state index in [0.29, 0.717) is 11.5 Å². The van der Waals surface area contributed by atoms with Gasteiger partial charge >= 0.3 is 0 Å². The van der Waals surface area contributed by atoms with Gasteiger partial charge in [0.25, 0.3) is 0 Å². The molecule has 2 unspecified atom stereocenters. The molecule has 1 fully saturated rings. The SMILES string of the molecule is CCCCCCCCCC1(CNC)CCOC1C. The Morgan fingerprint density at radius 1 is 1.11 bits per heavy atom. The Morgan fingerprint density at radius 3 is 2.33 bits per heavy atom. The lowest BCUT2D eigenvalue weighted by Gasteiger charge is -2.32. The summed E-state index contributed by atoms with van der Waals surface area (Å²) in [4.78, 5) is 0. The smallest absolute Gasteiger partial charge is 0.0616 e. The Bertz CT molecular complexity index is 207. The van der Waals surface area contributed by atoms with Gasteiger partial charge in [0, 0.05) is 18.6 Å². The van der Waals surface area contributed by atoms with Crippen molar-refractivity contribution in [3.63, 3.8) is 0 Å². The molecule has 2 nitrogen and oxygen atoms in total. The van der Waals surface area contributed by atoms with Crippen molar-refractivity contribution in [2.45, 2.75) is 77.7 Å². The van der Waals surface area contributed by atoms with Crippen molar-refractivity contribution < 1.29 is 4.74 Å². The summed E-state index contributed by atoms with van der Waals surface area (Å²) in [6.45, 7) is 6.61. The van der Waals surface area contributed by atoms with E-state index in [0.717, 1.165) is 13.2 Å². The summed E-state index contributed by atoms with van der Waals surface area (Å²) >= 11 is 0. The van der Waals surface area contributed by atoms with E-state index in [1.807, 2.05) is 0 Å². The summed E-state index contributed by atoms with van der Waals surface area (Å²) in [5.74, 6) is 0. The van der Waals surface area contributed by atoms with E-state index < -0.39 is 0 Å². The number of rotatable bonds is 10. The molecule has 1 aliphatic rings. The molecule has 0 saturated carbocycles. The zero-order valence-electron chi connectivity index (χ0n) is 12.8. The van der Waals surface area contributed by atoms with Gasteiger partial charge in [-0.1, -0.05) is 51.9 Å². The fourth-order valence-corrected chi connectivity index (χ4v) is 3.25. The molecule has 0 aromatic rings. The van der Waals surface area contributed by atoms with Crippen LogP contribution in [0.25, 0.3) is 0 Å². The van der Waals surface area contributed by atoms with E-state index in [-0.39, 0.29) is 0 Å². The number of hydrogen-bond acceptors (Lipinski definition) is 2. The van der Waals surface area contributed by atoms with Gasteiger partial charge in [0.2, 0.25) is 0 Å². The van der Waals surface area contributed by atoms with Gasteiger partial charge in [0.05, 0.1) is 6.10 Å². The summed E-state index contributed by atoms with van der Waals surface area (Å²) in [6, 6.07) is 0. The minimum absolute atomic E-state index is 0.415. The van der Waals surface area contributed by atoms with Gasteiger partial charge in [0.1, 0.15) is 0 Å². The molecule has 0 aromatic heterocycles. The van der Waals surface area contributed by atoms with Crippen LogP contribution in [0.4, 0.5) is 0 Å². The molecule has 1 aliphatic heterocycles. The molecule has 0 spiro atoms. The second kappa shape index (κ2) is 8.92. The van der Waals surface area contributed by atoms with Crippen molar-refractivity contribution in [3.05, 3.63) is 0 Å². The topological polar surface area (TPSA) is 21.3 Å². The van der Waals surface area contributed by atoms with Crippen molar-refractivity contribution in [1.29, 1.82) is 0 Å². The van der Waals surface area contributed by atoms with Crippen LogP contribution in [0.1, 0.15) is 71.6 Å². The summed E-state index contributed by atoms with van der Waals surface area (Å²) < 4.78 is 5.79. The van der Waals surface area contributed by atoms with E-state index in [9.17, 15) is 0 Å². The van der Waals surface area contributed by atoms with E-state index >= 15 is 0 Å². The maximum absolute atomic E-state index is 5.79. The minimum Gasteiger partial charge on any atom is -0.378 e. The fraction of sp³-hybridized carbons (Fsp3) is 1.00. The summed E-state index contributed by atoms with van der Waals surface area (Å²) in [7, 11) is 2.07. The first kappa shape index (κ1) is 16.0. The second-order valence-electron chi connectivity index (χ2n) is 6.03. The third kappa shape index (κ3) is 4.89. The van der Waals surface area contributed by atoms with Gasteiger partial charge in [-0.3, -0.25) is 0 Å². The third-order valence-corrected chi connectivity index (χ3v) is 4.64. The highest BCUT2D eigenvalue weighted by molar-refractivity contribution is 4.90. The van der Waals surface area contributed by atoms with Crippen LogP contribution in [0, 0.1) is 5.41 Å². The molecule has 0 aromatic carbocycles. The lowest BCUT2D eigenvalue weighted by molar-refractivity contribution is 0.0580. The highest BCUT2D eigenvalue weighted by Crippen LogP contribution is 2.39. The number of ether oxygens (including phenoxy) is 1. The Morgan fingerprint density at radius 2 is 1.78 bits per heavy atom. The Balaban J connectivity index is 2.14. The maximum atomic E-state index is 5.79. The summed E-state index contributed by atoms with van der Waals surface area (Å²) in [5.41, 5.74) is 0.415. The standard InChI is InChI=1S/C16H33NO/c1-4-5-6-7-8-9-10-11-16(14-17-3)12-13-18-15(16)2/h15,17H,4-14H2,1-3H3. The average Bonchev–Trinajstić information content (AvgIpc) is 2.71. The van der Waals surface area contributed by atoms with Crippen molar-refractivity contribution in [3.8, 4) is 0 Å². The molecule has 0 aliphatic carbocycles. The summed E-state index contributed by atoms with van der Waals surface area (Å²) in [6.07, 6.45) is 12.8. The van der Waals surface area contributed by atoms with E-state index in [2.05, 4.69) is 26.2 Å². The lowest BCUT2D eigenvalue weighted by atomic mass is 9.77. The molecule has 2 heteroatoms. The molecule has 1 rings (SSSR count). The molecule has 0 amide bonds. The maximum Gasteiger partial charge on any atom is 0.0616 e. The van der Waals surface area contributed by atoms with E-state index in [1.54, 1.807) is 0 Å². The zero-order valence-corrected chi connectivity index (χ0v) is 12.8. The largest absolute Gasteiger partial charge is 0.378 e. The fourth-order valence-electron chi connectivity index (χ4n) is 3.25.